The second kappa shape index (κ2) is 8.69. The van der Waals surface area contributed by atoms with Crippen LogP contribution in [0.5, 0.6) is 0 Å². The van der Waals surface area contributed by atoms with Gasteiger partial charge in [-0.3, -0.25) is 9.59 Å². The van der Waals surface area contributed by atoms with Crippen LogP contribution in [0.15, 0.2) is 17.5 Å². The first-order chi connectivity index (χ1) is 9.17. The van der Waals surface area contributed by atoms with Gasteiger partial charge in [0.05, 0.1) is 6.61 Å². The highest BCUT2D eigenvalue weighted by molar-refractivity contribution is 7.09. The van der Waals surface area contributed by atoms with Gasteiger partial charge < -0.3 is 9.64 Å². The zero-order valence-electron chi connectivity index (χ0n) is 11.6. The fraction of sp³-hybridized carbons (Fsp3) is 0.571. The van der Waals surface area contributed by atoms with Gasteiger partial charge in [0.25, 0.3) is 0 Å². The predicted octanol–water partition coefficient (Wildman–Crippen LogP) is 2.48. The SMILES string of the molecule is CCCN(CC(=O)OCC)C(=O)CCc1cccs1. The second-order valence-electron chi connectivity index (χ2n) is 4.20. The molecule has 1 rings (SSSR count). The van der Waals surface area contributed by atoms with Crippen LogP contribution in [0.25, 0.3) is 0 Å². The fourth-order valence-electron chi connectivity index (χ4n) is 1.77. The molecule has 0 bridgehead atoms. The van der Waals surface area contributed by atoms with Crippen molar-refractivity contribution in [3.8, 4) is 0 Å². The molecule has 0 saturated heterocycles. The zero-order chi connectivity index (χ0) is 14.1. The first kappa shape index (κ1) is 15.7. The molecule has 0 unspecified atom stereocenters. The minimum Gasteiger partial charge on any atom is -0.465 e. The lowest BCUT2D eigenvalue weighted by Gasteiger charge is -2.20. The van der Waals surface area contributed by atoms with Crippen molar-refractivity contribution >= 4 is 23.2 Å². The van der Waals surface area contributed by atoms with E-state index in [1.54, 1.807) is 23.2 Å². The van der Waals surface area contributed by atoms with Crippen molar-refractivity contribution in [2.45, 2.75) is 33.1 Å². The molecular formula is C14H21NO3S. The van der Waals surface area contributed by atoms with Gasteiger partial charge in [-0.1, -0.05) is 13.0 Å². The van der Waals surface area contributed by atoms with Crippen LogP contribution in [0, 0.1) is 0 Å². The quantitative estimate of drug-likeness (QED) is 0.689. The highest BCUT2D eigenvalue weighted by Gasteiger charge is 2.16. The summed E-state index contributed by atoms with van der Waals surface area (Å²) in [4.78, 5) is 26.3. The van der Waals surface area contributed by atoms with Crippen LogP contribution >= 0.6 is 11.3 Å². The van der Waals surface area contributed by atoms with Crippen molar-refractivity contribution in [2.75, 3.05) is 19.7 Å². The Hall–Kier alpha value is -1.36. The summed E-state index contributed by atoms with van der Waals surface area (Å²) in [7, 11) is 0. The summed E-state index contributed by atoms with van der Waals surface area (Å²) in [6.07, 6.45) is 2.02. The van der Waals surface area contributed by atoms with E-state index in [2.05, 4.69) is 0 Å². The van der Waals surface area contributed by atoms with E-state index >= 15 is 0 Å². The molecule has 1 amide bonds. The van der Waals surface area contributed by atoms with Gasteiger partial charge in [0.15, 0.2) is 0 Å². The Bertz CT molecular complexity index is 389. The van der Waals surface area contributed by atoms with Crippen molar-refractivity contribution in [2.24, 2.45) is 0 Å². The molecule has 0 aliphatic heterocycles. The summed E-state index contributed by atoms with van der Waals surface area (Å²) < 4.78 is 4.89. The van der Waals surface area contributed by atoms with Gasteiger partial charge in [-0.2, -0.15) is 0 Å². The highest BCUT2D eigenvalue weighted by Crippen LogP contribution is 2.12. The largest absolute Gasteiger partial charge is 0.465 e. The number of ether oxygens (including phenoxy) is 1. The maximum absolute atomic E-state index is 12.1. The van der Waals surface area contributed by atoms with Crippen molar-refractivity contribution in [1.29, 1.82) is 0 Å². The third-order valence-corrected chi connectivity index (χ3v) is 3.57. The van der Waals surface area contributed by atoms with Crippen LogP contribution in [0.3, 0.4) is 0 Å². The maximum atomic E-state index is 12.1. The summed E-state index contributed by atoms with van der Waals surface area (Å²) in [6.45, 7) is 4.76. The standard InChI is InChI=1S/C14H21NO3S/c1-3-9-15(11-14(17)18-4-2)13(16)8-7-12-6-5-10-19-12/h5-6,10H,3-4,7-9,11H2,1-2H3. The number of amides is 1. The Kier molecular flexibility index (Phi) is 7.18. The lowest BCUT2D eigenvalue weighted by molar-refractivity contribution is -0.149. The summed E-state index contributed by atoms with van der Waals surface area (Å²) >= 11 is 1.65. The summed E-state index contributed by atoms with van der Waals surface area (Å²) in [6, 6.07) is 4.00. The van der Waals surface area contributed by atoms with Crippen LogP contribution in [0.2, 0.25) is 0 Å². The van der Waals surface area contributed by atoms with E-state index in [0.717, 1.165) is 12.8 Å². The molecule has 1 aromatic heterocycles. The maximum Gasteiger partial charge on any atom is 0.325 e. The number of rotatable bonds is 8. The van der Waals surface area contributed by atoms with Crippen LogP contribution in [0.4, 0.5) is 0 Å². The molecule has 1 aromatic rings. The molecule has 4 nitrogen and oxygen atoms in total. The zero-order valence-corrected chi connectivity index (χ0v) is 12.4. The molecule has 106 valence electrons. The van der Waals surface area contributed by atoms with Crippen LogP contribution < -0.4 is 0 Å². The molecule has 0 aliphatic rings. The minimum atomic E-state index is -0.333. The van der Waals surface area contributed by atoms with E-state index in [1.165, 1.54) is 4.88 Å². The number of hydrogen-bond acceptors (Lipinski definition) is 4. The van der Waals surface area contributed by atoms with Gasteiger partial charge >= 0.3 is 5.97 Å². The number of nitrogens with zero attached hydrogens (tertiary/aromatic N) is 1. The molecule has 1 heterocycles. The van der Waals surface area contributed by atoms with Gasteiger partial charge in [-0.15, -0.1) is 11.3 Å². The monoisotopic (exact) mass is 283 g/mol. The Balaban J connectivity index is 2.45. The third-order valence-electron chi connectivity index (χ3n) is 2.64. The van der Waals surface area contributed by atoms with E-state index in [4.69, 9.17) is 4.74 Å². The Morgan fingerprint density at radius 1 is 1.37 bits per heavy atom. The first-order valence-corrected chi connectivity index (χ1v) is 7.51. The van der Waals surface area contributed by atoms with Crippen molar-refractivity contribution in [3.05, 3.63) is 22.4 Å². The van der Waals surface area contributed by atoms with Crippen LogP contribution in [0.1, 0.15) is 31.6 Å². The molecule has 0 aliphatic carbocycles. The predicted molar refractivity (Wildman–Crippen MR) is 76.1 cm³/mol. The van der Waals surface area contributed by atoms with Crippen molar-refractivity contribution < 1.29 is 14.3 Å². The molecule has 0 saturated carbocycles. The normalized spacial score (nSPS) is 10.2. The van der Waals surface area contributed by atoms with Gasteiger partial charge in [0.2, 0.25) is 5.91 Å². The Morgan fingerprint density at radius 3 is 2.74 bits per heavy atom. The average molecular weight is 283 g/mol. The number of aryl methyl sites for hydroxylation is 1. The molecule has 5 heteroatoms. The summed E-state index contributed by atoms with van der Waals surface area (Å²) in [5.74, 6) is -0.316. The number of carbonyl (C=O) groups is 2. The molecule has 0 fully saturated rings. The van der Waals surface area contributed by atoms with Crippen LogP contribution in [-0.4, -0.2) is 36.5 Å². The van der Waals surface area contributed by atoms with Gasteiger partial charge in [-0.25, -0.2) is 0 Å². The average Bonchev–Trinajstić information content (AvgIpc) is 2.89. The molecule has 0 radical (unpaired) electrons. The molecule has 0 atom stereocenters. The molecule has 0 N–H and O–H groups in total. The van der Waals surface area contributed by atoms with Crippen LogP contribution in [-0.2, 0) is 20.7 Å². The van der Waals surface area contributed by atoms with Crippen molar-refractivity contribution in [3.63, 3.8) is 0 Å². The lowest BCUT2D eigenvalue weighted by Crippen LogP contribution is -2.37. The lowest BCUT2D eigenvalue weighted by atomic mass is 10.2. The molecule has 19 heavy (non-hydrogen) atoms. The smallest absolute Gasteiger partial charge is 0.325 e. The van der Waals surface area contributed by atoms with E-state index in [9.17, 15) is 9.59 Å². The fourth-order valence-corrected chi connectivity index (χ4v) is 2.48. The Morgan fingerprint density at radius 2 is 2.16 bits per heavy atom. The number of esters is 1. The first-order valence-electron chi connectivity index (χ1n) is 6.63. The summed E-state index contributed by atoms with van der Waals surface area (Å²) in [5.41, 5.74) is 0. The number of hydrogen-bond donors (Lipinski definition) is 0. The number of carbonyl (C=O) groups excluding carboxylic acids is 2. The van der Waals surface area contributed by atoms with E-state index in [1.807, 2.05) is 24.4 Å². The molecule has 0 spiro atoms. The van der Waals surface area contributed by atoms with Gasteiger partial charge in [0.1, 0.15) is 6.54 Å². The minimum absolute atomic E-state index is 0.0169. The molecular weight excluding hydrogens is 262 g/mol. The Labute approximate surface area is 118 Å². The topological polar surface area (TPSA) is 46.6 Å². The number of thiophene rings is 1. The van der Waals surface area contributed by atoms with E-state index in [0.29, 0.717) is 19.6 Å². The molecule has 0 aromatic carbocycles. The highest BCUT2D eigenvalue weighted by atomic mass is 32.1. The third kappa shape index (κ3) is 5.87. The van der Waals surface area contributed by atoms with Gasteiger partial charge in [-0.05, 0) is 31.2 Å². The van der Waals surface area contributed by atoms with Crippen molar-refractivity contribution in [1.82, 2.24) is 4.90 Å². The van der Waals surface area contributed by atoms with E-state index < -0.39 is 0 Å². The van der Waals surface area contributed by atoms with Gasteiger partial charge in [0, 0.05) is 17.8 Å². The van der Waals surface area contributed by atoms with E-state index in [-0.39, 0.29) is 18.4 Å². The second-order valence-corrected chi connectivity index (χ2v) is 5.23. The summed E-state index contributed by atoms with van der Waals surface area (Å²) in [5, 5.41) is 2.00.